The first-order chi connectivity index (χ1) is 8.61. The Morgan fingerprint density at radius 3 is 2.26 bits per heavy atom. The summed E-state index contributed by atoms with van der Waals surface area (Å²) in [6, 6.07) is 0.445. The number of Topliss-reactive ketones (excluding diaryl/α,β-unsaturated/α-hetero) is 1. The minimum Gasteiger partial charge on any atom is -0.376 e. The van der Waals surface area contributed by atoms with Crippen molar-refractivity contribution in [2.75, 3.05) is 13.2 Å². The summed E-state index contributed by atoms with van der Waals surface area (Å²) in [4.78, 5) is 14.6. The molecule has 0 amide bonds. The quantitative estimate of drug-likeness (QED) is 0.768. The molecular formula is C16H31NO2. The molecule has 112 valence electrons. The molecule has 0 bridgehead atoms. The van der Waals surface area contributed by atoms with E-state index in [1.165, 1.54) is 0 Å². The van der Waals surface area contributed by atoms with E-state index in [0.29, 0.717) is 11.8 Å². The summed E-state index contributed by atoms with van der Waals surface area (Å²) in [5.41, 5.74) is 0.183. The van der Waals surface area contributed by atoms with Crippen LogP contribution in [-0.2, 0) is 9.53 Å². The van der Waals surface area contributed by atoms with Crippen molar-refractivity contribution in [3.05, 3.63) is 0 Å². The lowest BCUT2D eigenvalue weighted by molar-refractivity contribution is -0.126. The van der Waals surface area contributed by atoms with Crippen LogP contribution in [-0.4, -0.2) is 42.0 Å². The SMILES string of the molecule is CC(C)C(=O)[C@@H]1C[C@@H](OCC(C)(C)C)CN1C(C)C. The second-order valence-corrected chi connectivity index (χ2v) is 7.59. The Balaban J connectivity index is 2.65. The zero-order valence-electron chi connectivity index (χ0n) is 13.7. The second kappa shape index (κ2) is 6.36. The molecule has 0 aromatic heterocycles. The lowest BCUT2D eigenvalue weighted by Gasteiger charge is -2.28. The van der Waals surface area contributed by atoms with Gasteiger partial charge in [-0.2, -0.15) is 0 Å². The summed E-state index contributed by atoms with van der Waals surface area (Å²) in [6.07, 6.45) is 1.06. The van der Waals surface area contributed by atoms with Crippen molar-refractivity contribution in [1.29, 1.82) is 0 Å². The molecule has 0 unspecified atom stereocenters. The highest BCUT2D eigenvalue weighted by Crippen LogP contribution is 2.27. The lowest BCUT2D eigenvalue weighted by atomic mass is 9.97. The first kappa shape index (κ1) is 16.6. The molecular weight excluding hydrogens is 238 g/mol. The van der Waals surface area contributed by atoms with E-state index in [1.807, 2.05) is 13.8 Å². The zero-order chi connectivity index (χ0) is 14.8. The van der Waals surface area contributed by atoms with Crippen LogP contribution >= 0.6 is 0 Å². The highest BCUT2D eigenvalue weighted by molar-refractivity contribution is 5.86. The molecule has 1 aliphatic heterocycles. The summed E-state index contributed by atoms with van der Waals surface area (Å²) >= 11 is 0. The van der Waals surface area contributed by atoms with Crippen LogP contribution in [0.2, 0.25) is 0 Å². The summed E-state index contributed by atoms with van der Waals surface area (Å²) in [7, 11) is 0. The van der Waals surface area contributed by atoms with Crippen LogP contribution in [0.25, 0.3) is 0 Å². The van der Waals surface area contributed by atoms with Gasteiger partial charge in [0.25, 0.3) is 0 Å². The number of rotatable bonds is 5. The molecule has 1 aliphatic rings. The maximum Gasteiger partial charge on any atom is 0.152 e. The molecule has 0 aliphatic carbocycles. The third-order valence-corrected chi connectivity index (χ3v) is 3.61. The summed E-state index contributed by atoms with van der Waals surface area (Å²) in [5, 5.41) is 0. The number of nitrogens with zero attached hydrogens (tertiary/aromatic N) is 1. The van der Waals surface area contributed by atoms with Crippen molar-refractivity contribution in [2.45, 2.75) is 73.1 Å². The van der Waals surface area contributed by atoms with Crippen LogP contribution in [0.15, 0.2) is 0 Å². The Morgan fingerprint density at radius 1 is 1.26 bits per heavy atom. The smallest absolute Gasteiger partial charge is 0.152 e. The van der Waals surface area contributed by atoms with Gasteiger partial charge in [0.1, 0.15) is 0 Å². The van der Waals surface area contributed by atoms with Gasteiger partial charge >= 0.3 is 0 Å². The van der Waals surface area contributed by atoms with Gasteiger partial charge in [-0.25, -0.2) is 0 Å². The molecule has 0 radical (unpaired) electrons. The summed E-state index contributed by atoms with van der Waals surface area (Å²) < 4.78 is 6.01. The van der Waals surface area contributed by atoms with Gasteiger partial charge in [0.2, 0.25) is 0 Å². The molecule has 19 heavy (non-hydrogen) atoms. The van der Waals surface area contributed by atoms with Gasteiger partial charge < -0.3 is 4.74 Å². The van der Waals surface area contributed by atoms with Gasteiger partial charge in [0.05, 0.1) is 18.8 Å². The van der Waals surface area contributed by atoms with Crippen LogP contribution in [0.1, 0.15) is 54.9 Å². The van der Waals surface area contributed by atoms with Crippen LogP contribution in [0.4, 0.5) is 0 Å². The highest BCUT2D eigenvalue weighted by atomic mass is 16.5. The topological polar surface area (TPSA) is 29.5 Å². The minimum atomic E-state index is 0.0463. The fraction of sp³-hybridized carbons (Fsp3) is 0.938. The van der Waals surface area contributed by atoms with Crippen LogP contribution in [0, 0.1) is 11.3 Å². The van der Waals surface area contributed by atoms with E-state index >= 15 is 0 Å². The molecule has 0 aromatic rings. The van der Waals surface area contributed by atoms with Gasteiger partial charge in [-0.3, -0.25) is 9.69 Å². The van der Waals surface area contributed by atoms with E-state index in [4.69, 9.17) is 4.74 Å². The standard InChI is InChI=1S/C16H31NO2/c1-11(2)15(18)14-8-13(9-17(14)12(3)4)19-10-16(5,6)7/h11-14H,8-10H2,1-7H3/t13-,14+/m1/s1. The molecule has 0 saturated carbocycles. The Labute approximate surface area is 118 Å². The van der Waals surface area contributed by atoms with Crippen LogP contribution in [0.5, 0.6) is 0 Å². The van der Waals surface area contributed by atoms with E-state index in [2.05, 4.69) is 39.5 Å². The Kier molecular flexibility index (Phi) is 5.57. The highest BCUT2D eigenvalue weighted by Gasteiger charge is 2.39. The van der Waals surface area contributed by atoms with Crippen molar-refractivity contribution < 1.29 is 9.53 Å². The van der Waals surface area contributed by atoms with Gasteiger partial charge in [0, 0.05) is 18.5 Å². The number of hydrogen-bond acceptors (Lipinski definition) is 3. The molecule has 0 spiro atoms. The predicted octanol–water partition coefficient (Wildman–Crippen LogP) is 3.13. The molecule has 0 aromatic carbocycles. The van der Waals surface area contributed by atoms with Gasteiger partial charge in [-0.05, 0) is 25.7 Å². The molecule has 1 rings (SSSR count). The molecule has 2 atom stereocenters. The van der Waals surface area contributed by atoms with E-state index in [0.717, 1.165) is 19.6 Å². The Morgan fingerprint density at radius 2 is 1.84 bits per heavy atom. The number of likely N-dealkylation sites (tertiary alicyclic amines) is 1. The van der Waals surface area contributed by atoms with Crippen molar-refractivity contribution in [3.8, 4) is 0 Å². The van der Waals surface area contributed by atoms with Crippen molar-refractivity contribution >= 4 is 5.78 Å². The lowest BCUT2D eigenvalue weighted by Crippen LogP contribution is -2.42. The fourth-order valence-corrected chi connectivity index (χ4v) is 2.54. The summed E-state index contributed by atoms with van der Waals surface area (Å²) in [5.74, 6) is 0.461. The van der Waals surface area contributed by atoms with Crippen molar-refractivity contribution in [3.63, 3.8) is 0 Å². The molecule has 1 heterocycles. The van der Waals surface area contributed by atoms with Gasteiger partial charge in [0.15, 0.2) is 5.78 Å². The maximum absolute atomic E-state index is 12.3. The molecule has 1 fully saturated rings. The number of hydrogen-bond donors (Lipinski definition) is 0. The zero-order valence-corrected chi connectivity index (χ0v) is 13.7. The van der Waals surface area contributed by atoms with E-state index in [9.17, 15) is 4.79 Å². The van der Waals surface area contributed by atoms with Crippen molar-refractivity contribution in [1.82, 2.24) is 4.90 Å². The van der Waals surface area contributed by atoms with E-state index in [-0.39, 0.29) is 23.5 Å². The maximum atomic E-state index is 12.3. The van der Waals surface area contributed by atoms with Gasteiger partial charge in [-0.15, -0.1) is 0 Å². The molecule has 3 nitrogen and oxygen atoms in total. The van der Waals surface area contributed by atoms with Crippen molar-refractivity contribution in [2.24, 2.45) is 11.3 Å². The molecule has 0 N–H and O–H groups in total. The van der Waals surface area contributed by atoms with Crippen LogP contribution < -0.4 is 0 Å². The number of carbonyl (C=O) groups is 1. The fourth-order valence-electron chi connectivity index (χ4n) is 2.54. The third-order valence-electron chi connectivity index (χ3n) is 3.61. The Hall–Kier alpha value is -0.410. The van der Waals surface area contributed by atoms with Crippen LogP contribution in [0.3, 0.4) is 0 Å². The van der Waals surface area contributed by atoms with E-state index in [1.54, 1.807) is 0 Å². The normalized spacial score (nSPS) is 25.5. The largest absolute Gasteiger partial charge is 0.376 e. The third kappa shape index (κ3) is 4.88. The van der Waals surface area contributed by atoms with E-state index < -0.39 is 0 Å². The molecule has 3 heteroatoms. The monoisotopic (exact) mass is 269 g/mol. The number of carbonyl (C=O) groups excluding carboxylic acids is 1. The second-order valence-electron chi connectivity index (χ2n) is 7.59. The Bertz CT molecular complexity index is 304. The number of ether oxygens (including phenoxy) is 1. The predicted molar refractivity (Wildman–Crippen MR) is 79.3 cm³/mol. The summed E-state index contributed by atoms with van der Waals surface area (Å²) in [6.45, 7) is 16.5. The average molecular weight is 269 g/mol. The average Bonchev–Trinajstić information content (AvgIpc) is 2.68. The first-order valence-electron chi connectivity index (χ1n) is 7.53. The first-order valence-corrected chi connectivity index (χ1v) is 7.53. The number of ketones is 1. The molecule has 1 saturated heterocycles. The van der Waals surface area contributed by atoms with Gasteiger partial charge in [-0.1, -0.05) is 34.6 Å². The minimum absolute atomic E-state index is 0.0463.